The van der Waals surface area contributed by atoms with Crippen LogP contribution in [-0.2, 0) is 4.79 Å². The van der Waals surface area contributed by atoms with Gasteiger partial charge in [-0.25, -0.2) is 4.39 Å². The number of hydrogen-bond donors (Lipinski definition) is 0. The molecule has 2 amide bonds. The van der Waals surface area contributed by atoms with Crippen LogP contribution in [0.5, 0.6) is 0 Å². The van der Waals surface area contributed by atoms with Crippen LogP contribution in [0.4, 0.5) is 10.1 Å². The zero-order chi connectivity index (χ0) is 25.2. The molecule has 2 unspecified atom stereocenters. The van der Waals surface area contributed by atoms with Crippen LogP contribution < -0.4 is 4.90 Å². The van der Waals surface area contributed by atoms with E-state index in [2.05, 4.69) is 24.0 Å². The van der Waals surface area contributed by atoms with Crippen molar-refractivity contribution >= 4 is 40.9 Å². The van der Waals surface area contributed by atoms with E-state index in [4.69, 9.17) is 11.6 Å². The molecule has 0 radical (unpaired) electrons. The second-order valence-electron chi connectivity index (χ2n) is 9.04. The zero-order valence-electron chi connectivity index (χ0n) is 19.9. The summed E-state index contributed by atoms with van der Waals surface area (Å²) in [5.74, 6) is -0.228. The van der Waals surface area contributed by atoms with Crippen LogP contribution in [0.1, 0.15) is 26.9 Å². The summed E-state index contributed by atoms with van der Waals surface area (Å²) in [5, 5.41) is -0.0631. The van der Waals surface area contributed by atoms with Crippen LogP contribution in [0.3, 0.4) is 0 Å². The normalized spacial score (nSPS) is 20.0. The third-order valence-corrected chi connectivity index (χ3v) is 8.48. The Morgan fingerprint density at radius 2 is 1.58 bits per heavy atom. The van der Waals surface area contributed by atoms with E-state index in [-0.39, 0.29) is 17.6 Å². The van der Waals surface area contributed by atoms with Gasteiger partial charge in [0.25, 0.3) is 5.91 Å². The average Bonchev–Trinajstić information content (AvgIpc) is 3.34. The lowest BCUT2D eigenvalue weighted by molar-refractivity contribution is -0.135. The summed E-state index contributed by atoms with van der Waals surface area (Å²) in [6.45, 7) is 4.73. The number of nitrogens with zero attached hydrogens (tertiary/aromatic N) is 3. The van der Waals surface area contributed by atoms with Gasteiger partial charge in [0, 0.05) is 37.6 Å². The Bertz CT molecular complexity index is 1260. The second-order valence-corrected chi connectivity index (χ2v) is 10.6. The lowest BCUT2D eigenvalue weighted by Gasteiger charge is -2.39. The van der Waals surface area contributed by atoms with Gasteiger partial charge in [-0.1, -0.05) is 54.1 Å². The summed E-state index contributed by atoms with van der Waals surface area (Å²) >= 11 is 7.89. The molecule has 186 valence electrons. The smallest absolute Gasteiger partial charge is 0.257 e. The van der Waals surface area contributed by atoms with Crippen molar-refractivity contribution in [3.05, 3.63) is 100 Å². The number of halogens is 2. The van der Waals surface area contributed by atoms with Gasteiger partial charge >= 0.3 is 0 Å². The van der Waals surface area contributed by atoms with Crippen LogP contribution in [0.2, 0.25) is 5.02 Å². The van der Waals surface area contributed by atoms with E-state index in [1.165, 1.54) is 35.1 Å². The molecule has 2 aliphatic rings. The Morgan fingerprint density at radius 3 is 2.28 bits per heavy atom. The molecule has 36 heavy (non-hydrogen) atoms. The molecular weight excluding hydrogens is 497 g/mol. The first-order valence-corrected chi connectivity index (χ1v) is 13.4. The molecule has 2 atom stereocenters. The van der Waals surface area contributed by atoms with Crippen molar-refractivity contribution in [1.82, 2.24) is 9.80 Å². The lowest BCUT2D eigenvalue weighted by atomic mass is 10.1. The molecule has 0 saturated carbocycles. The van der Waals surface area contributed by atoms with Crippen LogP contribution in [0, 0.1) is 12.7 Å². The number of carbonyl (C=O) groups is 2. The second kappa shape index (κ2) is 10.5. The maximum atomic E-state index is 13.8. The Morgan fingerprint density at radius 1 is 0.917 bits per heavy atom. The van der Waals surface area contributed by atoms with Gasteiger partial charge in [-0.2, -0.15) is 0 Å². The summed E-state index contributed by atoms with van der Waals surface area (Å²) in [6.07, 6.45) is 0. The molecule has 3 aromatic rings. The average molecular weight is 524 g/mol. The van der Waals surface area contributed by atoms with E-state index in [1.54, 1.807) is 41.3 Å². The van der Waals surface area contributed by atoms with E-state index in [0.717, 1.165) is 18.7 Å². The number of thioether (sulfide) groups is 1. The summed E-state index contributed by atoms with van der Waals surface area (Å²) < 4.78 is 13.6. The Labute approximate surface area is 219 Å². The molecule has 0 bridgehead atoms. The highest BCUT2D eigenvalue weighted by Gasteiger charge is 2.44. The number of aryl methyl sites for hydroxylation is 1. The van der Waals surface area contributed by atoms with Gasteiger partial charge in [0.05, 0.1) is 10.6 Å². The third-order valence-electron chi connectivity index (χ3n) is 6.83. The van der Waals surface area contributed by atoms with Gasteiger partial charge in [-0.05, 0) is 48.4 Å². The fraction of sp³-hybridized carbons (Fsp3) is 0.286. The summed E-state index contributed by atoms with van der Waals surface area (Å²) in [7, 11) is 0. The number of carbonyl (C=O) groups excluding carboxylic acids is 2. The quantitative estimate of drug-likeness (QED) is 0.460. The molecule has 5 nitrogen and oxygen atoms in total. The SMILES string of the molecule is Cc1ccccc1N1CCN(C(=O)C2CSC(c3ccc(F)cc3)N2C(=O)c2ccccc2Cl)CC1. The molecular formula is C28H27ClFN3O2S. The molecule has 2 heterocycles. The minimum atomic E-state index is -0.626. The molecule has 2 fully saturated rings. The largest absolute Gasteiger partial charge is 0.368 e. The highest BCUT2D eigenvalue weighted by Crippen LogP contribution is 2.43. The first-order valence-electron chi connectivity index (χ1n) is 12.0. The first kappa shape index (κ1) is 24.7. The predicted octanol–water partition coefficient (Wildman–Crippen LogP) is 5.39. The van der Waals surface area contributed by atoms with Gasteiger partial charge in [-0.3, -0.25) is 9.59 Å². The first-order chi connectivity index (χ1) is 17.4. The van der Waals surface area contributed by atoms with Crippen LogP contribution in [-0.4, -0.2) is 59.6 Å². The number of anilines is 1. The molecule has 8 heteroatoms. The van der Waals surface area contributed by atoms with E-state index in [0.29, 0.717) is 29.4 Å². The van der Waals surface area contributed by atoms with Crippen molar-refractivity contribution in [2.24, 2.45) is 0 Å². The number of para-hydroxylation sites is 1. The van der Waals surface area contributed by atoms with E-state index < -0.39 is 11.4 Å². The van der Waals surface area contributed by atoms with Crippen molar-refractivity contribution in [2.45, 2.75) is 18.3 Å². The minimum Gasteiger partial charge on any atom is -0.368 e. The number of benzene rings is 3. The van der Waals surface area contributed by atoms with Gasteiger partial charge < -0.3 is 14.7 Å². The van der Waals surface area contributed by atoms with Crippen LogP contribution >= 0.6 is 23.4 Å². The Balaban J connectivity index is 1.38. The summed E-state index contributed by atoms with van der Waals surface area (Å²) in [6, 6.07) is 20.6. The maximum absolute atomic E-state index is 13.8. The van der Waals surface area contributed by atoms with Crippen molar-refractivity contribution in [3.63, 3.8) is 0 Å². The summed E-state index contributed by atoms with van der Waals surface area (Å²) in [5.41, 5.74) is 3.54. The highest BCUT2D eigenvalue weighted by atomic mass is 35.5. The Hall–Kier alpha value is -3.03. The number of amides is 2. The van der Waals surface area contributed by atoms with Crippen LogP contribution in [0.15, 0.2) is 72.8 Å². The topological polar surface area (TPSA) is 43.9 Å². The zero-order valence-corrected chi connectivity index (χ0v) is 21.5. The van der Waals surface area contributed by atoms with Crippen molar-refractivity contribution in [2.75, 3.05) is 36.8 Å². The predicted molar refractivity (Wildman–Crippen MR) is 143 cm³/mol. The van der Waals surface area contributed by atoms with Gasteiger partial charge in [0.1, 0.15) is 17.2 Å². The minimum absolute atomic E-state index is 0.0584. The molecule has 5 rings (SSSR count). The van der Waals surface area contributed by atoms with Crippen molar-refractivity contribution in [3.8, 4) is 0 Å². The molecule has 0 spiro atoms. The molecule has 3 aromatic carbocycles. The van der Waals surface area contributed by atoms with Gasteiger partial charge in [0.15, 0.2) is 0 Å². The lowest BCUT2D eigenvalue weighted by Crippen LogP contribution is -2.55. The molecule has 0 N–H and O–H groups in total. The standard InChI is InChI=1S/C28H27ClFN3O2S/c1-19-6-2-5-9-24(19)31-14-16-32(17-15-31)27(35)25-18-36-28(20-10-12-21(30)13-11-20)33(25)26(34)22-7-3-4-8-23(22)29/h2-13,25,28H,14-18H2,1H3. The monoisotopic (exact) mass is 523 g/mol. The van der Waals surface area contributed by atoms with E-state index >= 15 is 0 Å². The number of piperazine rings is 1. The number of hydrogen-bond acceptors (Lipinski definition) is 4. The van der Waals surface area contributed by atoms with Crippen molar-refractivity contribution in [1.29, 1.82) is 0 Å². The maximum Gasteiger partial charge on any atom is 0.257 e. The summed E-state index contributed by atoms with van der Waals surface area (Å²) in [4.78, 5) is 33.3. The van der Waals surface area contributed by atoms with Crippen LogP contribution in [0.25, 0.3) is 0 Å². The number of rotatable bonds is 4. The van der Waals surface area contributed by atoms with Gasteiger partial charge in [0.2, 0.25) is 5.91 Å². The van der Waals surface area contributed by atoms with Crippen molar-refractivity contribution < 1.29 is 14.0 Å². The highest BCUT2D eigenvalue weighted by molar-refractivity contribution is 7.99. The van der Waals surface area contributed by atoms with E-state index in [1.807, 2.05) is 17.0 Å². The third kappa shape index (κ3) is 4.82. The molecule has 2 aliphatic heterocycles. The fourth-order valence-corrected chi connectivity index (χ4v) is 6.54. The molecule has 0 aliphatic carbocycles. The van der Waals surface area contributed by atoms with Gasteiger partial charge in [-0.15, -0.1) is 11.8 Å². The fourth-order valence-electron chi connectivity index (χ4n) is 4.90. The van der Waals surface area contributed by atoms with E-state index in [9.17, 15) is 14.0 Å². The molecule has 0 aromatic heterocycles. The Kier molecular flexibility index (Phi) is 7.21. The molecule has 2 saturated heterocycles.